The molecular formula is C15H16FN3O2. The number of nitrogens with zero attached hydrogens (tertiary/aromatic N) is 2. The zero-order chi connectivity index (χ0) is 14.7. The van der Waals surface area contributed by atoms with Gasteiger partial charge in [0, 0.05) is 12.7 Å². The van der Waals surface area contributed by atoms with E-state index in [4.69, 9.17) is 4.74 Å². The van der Waals surface area contributed by atoms with Gasteiger partial charge in [-0.25, -0.2) is 4.39 Å². The van der Waals surface area contributed by atoms with Crippen molar-refractivity contribution in [3.63, 3.8) is 0 Å². The van der Waals surface area contributed by atoms with Crippen molar-refractivity contribution in [2.75, 3.05) is 13.2 Å². The van der Waals surface area contributed by atoms with E-state index < -0.39 is 0 Å². The van der Waals surface area contributed by atoms with Crippen LogP contribution in [0.3, 0.4) is 0 Å². The van der Waals surface area contributed by atoms with Gasteiger partial charge in [0.15, 0.2) is 6.61 Å². The average molecular weight is 289 g/mol. The molecule has 6 heteroatoms. The van der Waals surface area contributed by atoms with Gasteiger partial charge in [-0.05, 0) is 43.2 Å². The van der Waals surface area contributed by atoms with E-state index in [0.29, 0.717) is 5.75 Å². The van der Waals surface area contributed by atoms with Crippen LogP contribution >= 0.6 is 0 Å². The normalized spacial score (nSPS) is 18.0. The Hall–Kier alpha value is -2.37. The Morgan fingerprint density at radius 3 is 2.90 bits per heavy atom. The van der Waals surface area contributed by atoms with Crippen LogP contribution in [0, 0.1) is 5.82 Å². The van der Waals surface area contributed by atoms with Crippen LogP contribution in [0.5, 0.6) is 5.75 Å². The summed E-state index contributed by atoms with van der Waals surface area (Å²) in [7, 11) is 0. The molecule has 1 aromatic carbocycles. The molecule has 2 heterocycles. The number of amides is 1. The molecule has 1 unspecified atom stereocenters. The van der Waals surface area contributed by atoms with E-state index in [1.165, 1.54) is 24.3 Å². The van der Waals surface area contributed by atoms with Gasteiger partial charge >= 0.3 is 0 Å². The maximum absolute atomic E-state index is 12.8. The molecule has 1 N–H and O–H groups in total. The lowest BCUT2D eigenvalue weighted by Gasteiger charge is -2.23. The average Bonchev–Trinajstić information content (AvgIpc) is 3.16. The predicted molar refractivity (Wildman–Crippen MR) is 74.2 cm³/mol. The first-order chi connectivity index (χ1) is 10.2. The number of aromatic amines is 1. The molecule has 0 saturated carbocycles. The summed E-state index contributed by atoms with van der Waals surface area (Å²) in [6.45, 7) is 0.672. The summed E-state index contributed by atoms with van der Waals surface area (Å²) in [6, 6.07) is 7.57. The Kier molecular flexibility index (Phi) is 3.85. The second-order valence-corrected chi connectivity index (χ2v) is 5.00. The molecule has 1 saturated heterocycles. The lowest BCUT2D eigenvalue weighted by molar-refractivity contribution is -0.134. The van der Waals surface area contributed by atoms with Gasteiger partial charge in [-0.1, -0.05) is 0 Å². The van der Waals surface area contributed by atoms with Crippen molar-refractivity contribution in [3.05, 3.63) is 48.0 Å². The van der Waals surface area contributed by atoms with Gasteiger partial charge in [0.25, 0.3) is 5.91 Å². The zero-order valence-electron chi connectivity index (χ0n) is 11.5. The molecule has 2 aromatic rings. The van der Waals surface area contributed by atoms with Crippen LogP contribution in [0.4, 0.5) is 4.39 Å². The number of hydrogen-bond donors (Lipinski definition) is 1. The fourth-order valence-corrected chi connectivity index (χ4v) is 2.60. The molecule has 1 amide bonds. The van der Waals surface area contributed by atoms with Gasteiger partial charge in [0.05, 0.1) is 11.7 Å². The van der Waals surface area contributed by atoms with E-state index >= 15 is 0 Å². The molecule has 110 valence electrons. The topological polar surface area (TPSA) is 58.2 Å². The molecular weight excluding hydrogens is 273 g/mol. The number of ether oxygens (including phenoxy) is 1. The molecule has 1 atom stereocenters. The SMILES string of the molecule is O=C(COc1ccc(F)cc1)N1CCCC1c1ccn[nH]1. The number of likely N-dealkylation sites (tertiary alicyclic amines) is 1. The summed E-state index contributed by atoms with van der Waals surface area (Å²) in [5.74, 6) is 0.0889. The molecule has 0 aliphatic carbocycles. The Labute approximate surface area is 121 Å². The maximum atomic E-state index is 12.8. The summed E-state index contributed by atoms with van der Waals surface area (Å²) < 4.78 is 18.2. The third-order valence-corrected chi connectivity index (χ3v) is 3.63. The van der Waals surface area contributed by atoms with Crippen LogP contribution in [-0.4, -0.2) is 34.2 Å². The lowest BCUT2D eigenvalue weighted by Crippen LogP contribution is -2.34. The number of nitrogens with one attached hydrogen (secondary N) is 1. The molecule has 5 nitrogen and oxygen atoms in total. The second-order valence-electron chi connectivity index (χ2n) is 5.00. The number of aromatic nitrogens is 2. The molecule has 1 fully saturated rings. The molecule has 0 radical (unpaired) electrons. The van der Waals surface area contributed by atoms with E-state index in [1.54, 1.807) is 11.1 Å². The summed E-state index contributed by atoms with van der Waals surface area (Å²) in [5, 5.41) is 6.85. The van der Waals surface area contributed by atoms with E-state index in [9.17, 15) is 9.18 Å². The molecule has 1 aromatic heterocycles. The first-order valence-corrected chi connectivity index (χ1v) is 6.91. The van der Waals surface area contributed by atoms with Gasteiger partial charge < -0.3 is 9.64 Å². The number of halogens is 1. The number of benzene rings is 1. The van der Waals surface area contributed by atoms with Crippen molar-refractivity contribution in [2.24, 2.45) is 0 Å². The van der Waals surface area contributed by atoms with E-state index in [2.05, 4.69) is 10.2 Å². The lowest BCUT2D eigenvalue weighted by atomic mass is 10.1. The summed E-state index contributed by atoms with van der Waals surface area (Å²) in [5.41, 5.74) is 0.947. The maximum Gasteiger partial charge on any atom is 0.261 e. The fraction of sp³-hybridized carbons (Fsp3) is 0.333. The summed E-state index contributed by atoms with van der Waals surface area (Å²) in [4.78, 5) is 14.1. The first-order valence-electron chi connectivity index (χ1n) is 6.91. The predicted octanol–water partition coefficient (Wildman–Crippen LogP) is 2.29. The van der Waals surface area contributed by atoms with Gasteiger partial charge in [-0.15, -0.1) is 0 Å². The highest BCUT2D eigenvalue weighted by atomic mass is 19.1. The highest BCUT2D eigenvalue weighted by Crippen LogP contribution is 2.30. The number of carbonyl (C=O) groups excluding carboxylic acids is 1. The first kappa shape index (κ1) is 13.6. The monoisotopic (exact) mass is 289 g/mol. The van der Waals surface area contributed by atoms with Crippen LogP contribution in [-0.2, 0) is 4.79 Å². The zero-order valence-corrected chi connectivity index (χ0v) is 11.5. The largest absolute Gasteiger partial charge is 0.484 e. The quantitative estimate of drug-likeness (QED) is 0.939. The van der Waals surface area contributed by atoms with Gasteiger partial charge in [0.1, 0.15) is 11.6 Å². The molecule has 0 bridgehead atoms. The molecule has 1 aliphatic heterocycles. The van der Waals surface area contributed by atoms with Crippen LogP contribution < -0.4 is 4.74 Å². The minimum Gasteiger partial charge on any atom is -0.484 e. The van der Waals surface area contributed by atoms with Crippen LogP contribution in [0.25, 0.3) is 0 Å². The van der Waals surface area contributed by atoms with Crippen molar-refractivity contribution < 1.29 is 13.9 Å². The van der Waals surface area contributed by atoms with Gasteiger partial charge in [0.2, 0.25) is 0 Å². The van der Waals surface area contributed by atoms with E-state index in [1.807, 2.05) is 6.07 Å². The van der Waals surface area contributed by atoms with Crippen LogP contribution in [0.2, 0.25) is 0 Å². The molecule has 21 heavy (non-hydrogen) atoms. The number of carbonyl (C=O) groups is 1. The van der Waals surface area contributed by atoms with Crippen molar-refractivity contribution in [1.82, 2.24) is 15.1 Å². The second kappa shape index (κ2) is 5.95. The third kappa shape index (κ3) is 3.04. The third-order valence-electron chi connectivity index (χ3n) is 3.63. The minimum atomic E-state index is -0.326. The molecule has 0 spiro atoms. The fourth-order valence-electron chi connectivity index (χ4n) is 2.60. The molecule has 3 rings (SSSR count). The summed E-state index contributed by atoms with van der Waals surface area (Å²) in [6.07, 6.45) is 3.57. The standard InChI is InChI=1S/C15H16FN3O2/c16-11-3-5-12(6-4-11)21-10-15(20)19-9-1-2-14(19)13-7-8-17-18-13/h3-8,14H,1-2,9-10H2,(H,17,18). The Balaban J connectivity index is 1.61. The Bertz CT molecular complexity index is 598. The minimum absolute atomic E-state index is 0.0387. The Morgan fingerprint density at radius 1 is 1.38 bits per heavy atom. The molecule has 1 aliphatic rings. The number of H-pyrrole nitrogens is 1. The van der Waals surface area contributed by atoms with Crippen molar-refractivity contribution in [1.29, 1.82) is 0 Å². The number of rotatable bonds is 4. The number of hydrogen-bond acceptors (Lipinski definition) is 3. The van der Waals surface area contributed by atoms with Crippen LogP contribution in [0.15, 0.2) is 36.5 Å². The van der Waals surface area contributed by atoms with Gasteiger partial charge in [-0.3, -0.25) is 9.89 Å². The van der Waals surface area contributed by atoms with Crippen molar-refractivity contribution in [2.45, 2.75) is 18.9 Å². The van der Waals surface area contributed by atoms with E-state index in [-0.39, 0.29) is 24.4 Å². The summed E-state index contributed by atoms with van der Waals surface area (Å²) >= 11 is 0. The van der Waals surface area contributed by atoms with E-state index in [0.717, 1.165) is 25.1 Å². The highest BCUT2D eigenvalue weighted by Gasteiger charge is 2.30. The van der Waals surface area contributed by atoms with Crippen LogP contribution in [0.1, 0.15) is 24.6 Å². The van der Waals surface area contributed by atoms with Crippen molar-refractivity contribution >= 4 is 5.91 Å². The van der Waals surface area contributed by atoms with Crippen molar-refractivity contribution in [3.8, 4) is 5.75 Å². The smallest absolute Gasteiger partial charge is 0.261 e. The van der Waals surface area contributed by atoms with Gasteiger partial charge in [-0.2, -0.15) is 5.10 Å². The highest BCUT2D eigenvalue weighted by molar-refractivity contribution is 5.78. The Morgan fingerprint density at radius 2 is 2.19 bits per heavy atom.